The number of methoxy groups -OCH3 is 2. The number of rotatable bonds is 6. The van der Waals surface area contributed by atoms with Gasteiger partial charge in [-0.3, -0.25) is 9.78 Å². The van der Waals surface area contributed by atoms with Gasteiger partial charge >= 0.3 is 0 Å². The number of fused-ring (bicyclic) bond motifs is 1. The van der Waals surface area contributed by atoms with E-state index in [1.165, 1.54) is 12.5 Å². The summed E-state index contributed by atoms with van der Waals surface area (Å²) in [5, 5.41) is 6.82. The van der Waals surface area contributed by atoms with Crippen molar-refractivity contribution in [3.05, 3.63) is 71.2 Å². The zero-order valence-corrected chi connectivity index (χ0v) is 18.3. The van der Waals surface area contributed by atoms with E-state index in [9.17, 15) is 4.79 Å². The van der Waals surface area contributed by atoms with Gasteiger partial charge in [-0.15, -0.1) is 0 Å². The normalized spacial score (nSPS) is 10.5. The van der Waals surface area contributed by atoms with Crippen molar-refractivity contribution in [2.24, 2.45) is 0 Å². The SMILES string of the molecule is COc1cc2ncnc(Nc3ccncc3C(=O)Nc3cccc(Br)c3)c2cc1OC. The Hall–Kier alpha value is -3.72. The average Bonchev–Trinajstić information content (AvgIpc) is 2.78. The molecule has 2 heterocycles. The number of amides is 1. The maximum absolute atomic E-state index is 12.9. The molecule has 0 unspecified atom stereocenters. The van der Waals surface area contributed by atoms with E-state index in [4.69, 9.17) is 9.47 Å². The summed E-state index contributed by atoms with van der Waals surface area (Å²) in [6.45, 7) is 0. The van der Waals surface area contributed by atoms with Gasteiger partial charge in [0, 0.05) is 34.0 Å². The largest absolute Gasteiger partial charge is 0.493 e. The molecule has 0 aliphatic carbocycles. The first-order valence-electron chi connectivity index (χ1n) is 9.23. The quantitative estimate of drug-likeness (QED) is 0.409. The Morgan fingerprint density at radius 2 is 1.84 bits per heavy atom. The number of nitrogens with zero attached hydrogens (tertiary/aromatic N) is 3. The van der Waals surface area contributed by atoms with Crippen LogP contribution in [0.4, 0.5) is 17.2 Å². The molecule has 9 heteroatoms. The van der Waals surface area contributed by atoms with Gasteiger partial charge in [-0.2, -0.15) is 0 Å². The first-order valence-corrected chi connectivity index (χ1v) is 10.0. The molecule has 0 bridgehead atoms. The molecule has 0 fully saturated rings. The van der Waals surface area contributed by atoms with Gasteiger partial charge in [-0.1, -0.05) is 22.0 Å². The molecule has 31 heavy (non-hydrogen) atoms. The molecular weight excluding hydrogens is 462 g/mol. The average molecular weight is 480 g/mol. The van der Waals surface area contributed by atoms with Crippen molar-refractivity contribution in [2.75, 3.05) is 24.9 Å². The molecule has 0 atom stereocenters. The van der Waals surface area contributed by atoms with Crippen LogP contribution in [-0.4, -0.2) is 35.1 Å². The molecule has 2 aromatic carbocycles. The van der Waals surface area contributed by atoms with Crippen molar-refractivity contribution in [3.8, 4) is 11.5 Å². The summed E-state index contributed by atoms with van der Waals surface area (Å²) in [5.74, 6) is 1.34. The van der Waals surface area contributed by atoms with E-state index in [1.54, 1.807) is 38.6 Å². The molecular formula is C22H18BrN5O3. The zero-order valence-electron chi connectivity index (χ0n) is 16.7. The highest BCUT2D eigenvalue weighted by atomic mass is 79.9. The Bertz CT molecular complexity index is 1270. The first kappa shape index (κ1) is 20.5. The molecule has 4 aromatic rings. The highest BCUT2D eigenvalue weighted by Gasteiger charge is 2.15. The predicted molar refractivity (Wildman–Crippen MR) is 122 cm³/mol. The molecule has 2 N–H and O–H groups in total. The number of halogens is 1. The molecule has 0 saturated heterocycles. The Kier molecular flexibility index (Phi) is 5.94. The van der Waals surface area contributed by atoms with E-state index in [0.29, 0.717) is 39.8 Å². The molecule has 8 nitrogen and oxygen atoms in total. The number of hydrogen-bond acceptors (Lipinski definition) is 7. The van der Waals surface area contributed by atoms with Crippen molar-refractivity contribution in [1.82, 2.24) is 15.0 Å². The van der Waals surface area contributed by atoms with Gasteiger partial charge in [-0.05, 0) is 30.3 Å². The van der Waals surface area contributed by atoms with E-state index in [2.05, 4.69) is 41.5 Å². The molecule has 2 aromatic heterocycles. The monoisotopic (exact) mass is 479 g/mol. The summed E-state index contributed by atoms with van der Waals surface area (Å²) in [6, 6.07) is 12.6. The summed E-state index contributed by atoms with van der Waals surface area (Å²) in [7, 11) is 3.13. The lowest BCUT2D eigenvalue weighted by molar-refractivity contribution is 0.102. The molecule has 0 aliphatic heterocycles. The van der Waals surface area contributed by atoms with Gasteiger partial charge in [0.25, 0.3) is 5.91 Å². The lowest BCUT2D eigenvalue weighted by atomic mass is 10.1. The summed E-state index contributed by atoms with van der Waals surface area (Å²) in [6.07, 6.45) is 4.55. The first-order chi connectivity index (χ1) is 15.1. The Morgan fingerprint density at radius 3 is 2.61 bits per heavy atom. The van der Waals surface area contributed by atoms with Crippen LogP contribution in [0.1, 0.15) is 10.4 Å². The smallest absolute Gasteiger partial charge is 0.259 e. The third-order valence-corrected chi connectivity index (χ3v) is 5.04. The number of benzene rings is 2. The van der Waals surface area contributed by atoms with Crippen LogP contribution in [0.5, 0.6) is 11.5 Å². The predicted octanol–water partition coefficient (Wildman–Crippen LogP) is 4.80. The summed E-state index contributed by atoms with van der Waals surface area (Å²) in [5.41, 5.74) is 2.26. The lowest BCUT2D eigenvalue weighted by Gasteiger charge is -2.14. The number of carbonyl (C=O) groups excluding carboxylic acids is 1. The summed E-state index contributed by atoms with van der Waals surface area (Å²) < 4.78 is 11.6. The van der Waals surface area contributed by atoms with Gasteiger partial charge in [-0.25, -0.2) is 9.97 Å². The molecule has 0 saturated carbocycles. The number of anilines is 3. The number of nitrogens with one attached hydrogen (secondary N) is 2. The molecule has 0 radical (unpaired) electrons. The molecule has 0 aliphatic rings. The van der Waals surface area contributed by atoms with Crippen LogP contribution in [0.2, 0.25) is 0 Å². The fourth-order valence-corrected chi connectivity index (χ4v) is 3.46. The third kappa shape index (κ3) is 4.41. The van der Waals surface area contributed by atoms with Gasteiger partial charge in [0.1, 0.15) is 12.1 Å². The Morgan fingerprint density at radius 1 is 1.03 bits per heavy atom. The highest BCUT2D eigenvalue weighted by Crippen LogP contribution is 2.34. The standard InChI is InChI=1S/C22H18BrN5O3/c1-30-19-9-15-18(10-20(19)31-2)25-12-26-21(15)28-17-6-7-24-11-16(17)22(29)27-14-5-3-4-13(23)8-14/h3-12H,1-2H3,(H,27,29)(H,24,25,26,28). The van der Waals surface area contributed by atoms with E-state index >= 15 is 0 Å². The van der Waals surface area contributed by atoms with Crippen LogP contribution in [0, 0.1) is 0 Å². The Balaban J connectivity index is 1.69. The zero-order chi connectivity index (χ0) is 21.8. The number of hydrogen-bond donors (Lipinski definition) is 2. The van der Waals surface area contributed by atoms with E-state index < -0.39 is 0 Å². The third-order valence-electron chi connectivity index (χ3n) is 4.54. The topological polar surface area (TPSA) is 98.3 Å². The lowest BCUT2D eigenvalue weighted by Crippen LogP contribution is -2.14. The second-order valence-corrected chi connectivity index (χ2v) is 7.37. The fraction of sp³-hybridized carbons (Fsp3) is 0.0909. The van der Waals surface area contributed by atoms with E-state index in [1.807, 2.05) is 24.3 Å². The maximum Gasteiger partial charge on any atom is 0.259 e. The van der Waals surface area contributed by atoms with Crippen LogP contribution in [-0.2, 0) is 0 Å². The minimum atomic E-state index is -0.300. The van der Waals surface area contributed by atoms with Crippen LogP contribution < -0.4 is 20.1 Å². The molecule has 156 valence electrons. The van der Waals surface area contributed by atoms with Crippen LogP contribution in [0.25, 0.3) is 10.9 Å². The second kappa shape index (κ2) is 8.97. The van der Waals surface area contributed by atoms with Gasteiger partial charge in [0.05, 0.1) is 31.0 Å². The molecule has 1 amide bonds. The van der Waals surface area contributed by atoms with Crippen molar-refractivity contribution in [1.29, 1.82) is 0 Å². The Labute approximate surface area is 186 Å². The maximum atomic E-state index is 12.9. The van der Waals surface area contributed by atoms with Gasteiger partial charge in [0.2, 0.25) is 0 Å². The minimum Gasteiger partial charge on any atom is -0.493 e. The van der Waals surface area contributed by atoms with E-state index in [-0.39, 0.29) is 5.91 Å². The van der Waals surface area contributed by atoms with Crippen molar-refractivity contribution >= 4 is 49.9 Å². The van der Waals surface area contributed by atoms with E-state index in [0.717, 1.165) is 9.86 Å². The van der Waals surface area contributed by atoms with Crippen LogP contribution >= 0.6 is 15.9 Å². The van der Waals surface area contributed by atoms with Crippen molar-refractivity contribution < 1.29 is 14.3 Å². The van der Waals surface area contributed by atoms with Crippen molar-refractivity contribution in [3.63, 3.8) is 0 Å². The number of carbonyl (C=O) groups is 1. The molecule has 0 spiro atoms. The van der Waals surface area contributed by atoms with Crippen LogP contribution in [0.15, 0.2) is 65.7 Å². The van der Waals surface area contributed by atoms with Crippen molar-refractivity contribution in [2.45, 2.75) is 0 Å². The summed E-state index contributed by atoms with van der Waals surface area (Å²) >= 11 is 3.40. The number of pyridine rings is 1. The summed E-state index contributed by atoms with van der Waals surface area (Å²) in [4.78, 5) is 25.7. The number of ether oxygens (including phenoxy) is 2. The molecule has 4 rings (SSSR count). The highest BCUT2D eigenvalue weighted by molar-refractivity contribution is 9.10. The van der Waals surface area contributed by atoms with Gasteiger partial charge in [0.15, 0.2) is 11.5 Å². The van der Waals surface area contributed by atoms with Gasteiger partial charge < -0.3 is 20.1 Å². The fourth-order valence-electron chi connectivity index (χ4n) is 3.06. The second-order valence-electron chi connectivity index (χ2n) is 6.46. The number of aromatic nitrogens is 3. The minimum absolute atomic E-state index is 0.300. The van der Waals surface area contributed by atoms with Crippen LogP contribution in [0.3, 0.4) is 0 Å².